The van der Waals surface area contributed by atoms with Gasteiger partial charge < -0.3 is 22.1 Å². The second-order valence-corrected chi connectivity index (χ2v) is 8.95. The van der Waals surface area contributed by atoms with Crippen molar-refractivity contribution < 1.29 is 35.1 Å². The van der Waals surface area contributed by atoms with E-state index in [9.17, 15) is 13.5 Å². The summed E-state index contributed by atoms with van der Waals surface area (Å²) in [4.78, 5) is 1.82. The summed E-state index contributed by atoms with van der Waals surface area (Å²) < 4.78 is 25.4. The van der Waals surface area contributed by atoms with E-state index in [1.807, 2.05) is 23.6 Å². The van der Waals surface area contributed by atoms with Crippen molar-refractivity contribution in [3.05, 3.63) is 28.8 Å². The normalized spacial score (nSPS) is 24.0. The van der Waals surface area contributed by atoms with Crippen LogP contribution < -0.4 is 22.1 Å². The van der Waals surface area contributed by atoms with E-state index < -0.39 is 15.7 Å². The summed E-state index contributed by atoms with van der Waals surface area (Å²) in [5.41, 5.74) is -0.780. The van der Waals surface area contributed by atoms with Gasteiger partial charge in [-0.1, -0.05) is 17.7 Å². The van der Waals surface area contributed by atoms with Crippen molar-refractivity contribution in [2.45, 2.75) is 29.5 Å². The van der Waals surface area contributed by atoms with Gasteiger partial charge in [-0.25, -0.2) is 18.5 Å². The first-order valence-electron chi connectivity index (χ1n) is 7.16. The standard InChI is InChI=1S/C14H19ClN3O3S2.BrH/c1-17(2)13-18(10-4-5-10)14(19,8-22-13)9-3-6-11(15)12(7-9)23(16,20)21;/h3,6-7,10,19H,4-5,8H2,1-2H3,(H2,16,20,21);1H/q+1;/p-1. The van der Waals surface area contributed by atoms with Crippen LogP contribution >= 0.6 is 23.4 Å². The van der Waals surface area contributed by atoms with Crippen molar-refractivity contribution in [2.75, 3.05) is 19.8 Å². The number of hydrogen-bond acceptors (Lipinski definition) is 4. The van der Waals surface area contributed by atoms with E-state index >= 15 is 0 Å². The fourth-order valence-corrected chi connectivity index (χ4v) is 5.20. The Bertz CT molecular complexity index is 794. The van der Waals surface area contributed by atoms with E-state index in [4.69, 9.17) is 16.7 Å². The molecule has 2 fully saturated rings. The molecule has 1 saturated heterocycles. The zero-order valence-electron chi connectivity index (χ0n) is 13.2. The third kappa shape index (κ3) is 3.47. The Kier molecular flexibility index (Phi) is 5.64. The zero-order chi connectivity index (χ0) is 17.0. The quantitative estimate of drug-likeness (QED) is 0.513. The molecule has 1 aliphatic carbocycles. The Morgan fingerprint density at radius 3 is 2.54 bits per heavy atom. The molecule has 3 rings (SSSR count). The first kappa shape index (κ1) is 20.0. The van der Waals surface area contributed by atoms with Crippen molar-refractivity contribution in [3.8, 4) is 0 Å². The molecule has 0 amide bonds. The lowest BCUT2D eigenvalue weighted by molar-refractivity contribution is -0.468. The molecule has 1 saturated carbocycles. The minimum absolute atomic E-state index is 0. The van der Waals surface area contributed by atoms with Crippen LogP contribution in [0.4, 0.5) is 0 Å². The van der Waals surface area contributed by atoms with Crippen molar-refractivity contribution in [2.24, 2.45) is 5.14 Å². The minimum Gasteiger partial charge on any atom is -1.00 e. The second-order valence-electron chi connectivity index (χ2n) is 6.07. The van der Waals surface area contributed by atoms with Gasteiger partial charge in [0.25, 0.3) is 0 Å². The molecule has 0 spiro atoms. The molecule has 6 nitrogen and oxygen atoms in total. The molecule has 1 aromatic rings. The molecule has 2 aliphatic rings. The Hall–Kier alpha value is -0.320. The molecular formula is C14H19BrClN3O3S2. The van der Waals surface area contributed by atoms with Crippen LogP contribution in [-0.4, -0.2) is 54.1 Å². The molecule has 1 aliphatic heterocycles. The maximum atomic E-state index is 11.7. The van der Waals surface area contributed by atoms with Crippen molar-refractivity contribution in [3.63, 3.8) is 0 Å². The number of nitrogens with zero attached hydrogens (tertiary/aromatic N) is 2. The van der Waals surface area contributed by atoms with E-state index in [1.165, 1.54) is 12.1 Å². The molecule has 134 valence electrons. The Balaban J connectivity index is 0.00000208. The molecule has 0 radical (unpaired) electrons. The fraction of sp³-hybridized carbons (Fsp3) is 0.500. The summed E-state index contributed by atoms with van der Waals surface area (Å²) in [5.74, 6) is 0.419. The van der Waals surface area contributed by atoms with Crippen molar-refractivity contribution in [1.82, 2.24) is 4.90 Å². The van der Waals surface area contributed by atoms with E-state index in [2.05, 4.69) is 0 Å². The number of nitrogens with two attached hydrogens (primary N) is 1. The summed E-state index contributed by atoms with van der Waals surface area (Å²) in [6.45, 7) is 0. The monoisotopic (exact) mass is 455 g/mol. The predicted molar refractivity (Wildman–Crippen MR) is 91.2 cm³/mol. The van der Waals surface area contributed by atoms with Crippen LogP contribution in [0.15, 0.2) is 23.1 Å². The van der Waals surface area contributed by atoms with Gasteiger partial charge in [0.15, 0.2) is 0 Å². The molecule has 1 heterocycles. The summed E-state index contributed by atoms with van der Waals surface area (Å²) in [7, 11) is -0.0866. The molecule has 1 atom stereocenters. The highest BCUT2D eigenvalue weighted by atomic mass is 79.9. The van der Waals surface area contributed by atoms with Crippen LogP contribution in [0.3, 0.4) is 0 Å². The van der Waals surface area contributed by atoms with Gasteiger partial charge in [0.1, 0.15) is 10.9 Å². The summed E-state index contributed by atoms with van der Waals surface area (Å²) >= 11 is 7.50. The topological polar surface area (TPSA) is 86.6 Å². The zero-order valence-corrected chi connectivity index (χ0v) is 17.2. The van der Waals surface area contributed by atoms with Gasteiger partial charge in [0.05, 0.1) is 24.9 Å². The third-order valence-electron chi connectivity index (χ3n) is 4.00. The van der Waals surface area contributed by atoms with Crippen LogP contribution in [0.25, 0.3) is 0 Å². The average molecular weight is 457 g/mol. The number of hydrogen-bond donors (Lipinski definition) is 2. The van der Waals surface area contributed by atoms with Gasteiger partial charge in [-0.15, -0.1) is 0 Å². The van der Waals surface area contributed by atoms with E-state index in [0.29, 0.717) is 11.3 Å². The average Bonchev–Trinajstić information content (AvgIpc) is 3.21. The molecule has 3 N–H and O–H groups in total. The largest absolute Gasteiger partial charge is 1.00 e. The number of sulfonamides is 1. The highest BCUT2D eigenvalue weighted by Gasteiger charge is 2.57. The van der Waals surface area contributed by atoms with Gasteiger partial charge in [-0.05, 0) is 36.7 Å². The van der Waals surface area contributed by atoms with Crippen molar-refractivity contribution >= 4 is 38.6 Å². The minimum atomic E-state index is -3.95. The molecule has 0 bridgehead atoms. The maximum Gasteiger partial charge on any atom is 0.311 e. The van der Waals surface area contributed by atoms with E-state index in [1.54, 1.807) is 17.8 Å². The second kappa shape index (κ2) is 6.77. The molecule has 10 heteroatoms. The lowest BCUT2D eigenvalue weighted by Gasteiger charge is -2.29. The van der Waals surface area contributed by atoms with Crippen LogP contribution in [0.2, 0.25) is 5.02 Å². The third-order valence-corrected chi connectivity index (χ3v) is 6.76. The van der Waals surface area contributed by atoms with Crippen LogP contribution in [-0.2, 0) is 15.7 Å². The van der Waals surface area contributed by atoms with Gasteiger partial charge in [0.2, 0.25) is 15.7 Å². The lowest BCUT2D eigenvalue weighted by atomic mass is 10.0. The number of thioether (sulfide) groups is 1. The van der Waals surface area contributed by atoms with Crippen LogP contribution in [0.5, 0.6) is 0 Å². The van der Waals surface area contributed by atoms with Gasteiger partial charge in [0, 0.05) is 5.56 Å². The molecule has 24 heavy (non-hydrogen) atoms. The molecule has 1 aromatic carbocycles. The summed E-state index contributed by atoms with van der Waals surface area (Å²) in [6, 6.07) is 4.77. The number of primary sulfonamides is 1. The Morgan fingerprint density at radius 1 is 1.42 bits per heavy atom. The molecule has 1 unspecified atom stereocenters. The fourth-order valence-electron chi connectivity index (χ4n) is 2.79. The predicted octanol–water partition coefficient (Wildman–Crippen LogP) is -2.02. The van der Waals surface area contributed by atoms with Gasteiger partial charge in [-0.2, -0.15) is 0 Å². The number of amidine groups is 1. The van der Waals surface area contributed by atoms with E-state index in [-0.39, 0.29) is 32.9 Å². The lowest BCUT2D eigenvalue weighted by Crippen LogP contribution is -3.00. The van der Waals surface area contributed by atoms with Crippen LogP contribution in [0.1, 0.15) is 18.4 Å². The number of benzene rings is 1. The SMILES string of the molecule is C[N+](C)=C1SCC(O)(c2ccc(Cl)c(S(N)(=O)=O)c2)N1C1CC1.[Br-]. The highest BCUT2D eigenvalue weighted by molar-refractivity contribution is 8.13. The molecular weight excluding hydrogens is 438 g/mol. The van der Waals surface area contributed by atoms with Crippen molar-refractivity contribution in [1.29, 1.82) is 0 Å². The maximum absolute atomic E-state index is 11.7. The first-order valence-corrected chi connectivity index (χ1v) is 10.1. The smallest absolute Gasteiger partial charge is 0.311 e. The Labute approximate surface area is 161 Å². The highest BCUT2D eigenvalue weighted by Crippen LogP contribution is 2.46. The van der Waals surface area contributed by atoms with Gasteiger partial charge in [-0.3, -0.25) is 4.58 Å². The summed E-state index contributed by atoms with van der Waals surface area (Å²) in [6.07, 6.45) is 2.02. The number of rotatable bonds is 3. The molecule has 0 aromatic heterocycles. The first-order chi connectivity index (χ1) is 10.6. The van der Waals surface area contributed by atoms with Gasteiger partial charge >= 0.3 is 5.17 Å². The number of aliphatic hydroxyl groups is 1. The van der Waals surface area contributed by atoms with E-state index in [0.717, 1.165) is 18.0 Å². The van der Waals surface area contributed by atoms with Crippen LogP contribution in [0, 0.1) is 0 Å². The number of halogens is 2. The Morgan fingerprint density at radius 2 is 2.04 bits per heavy atom. The summed E-state index contributed by atoms with van der Waals surface area (Å²) in [5, 5.41) is 17.6.